The normalized spacial score (nSPS) is 12.6. The highest BCUT2D eigenvalue weighted by molar-refractivity contribution is 7.88. The van der Waals surface area contributed by atoms with E-state index in [9.17, 15) is 13.2 Å². The molecule has 1 rings (SSSR count). The van der Waals surface area contributed by atoms with Crippen molar-refractivity contribution in [3.8, 4) is 0 Å². The Balaban J connectivity index is 2.73. The van der Waals surface area contributed by atoms with Crippen LogP contribution in [0.3, 0.4) is 0 Å². The number of hydrogen-bond donors (Lipinski definition) is 1. The Morgan fingerprint density at radius 1 is 1.16 bits per heavy atom. The van der Waals surface area contributed by atoms with Crippen molar-refractivity contribution in [3.05, 3.63) is 29.8 Å². The molecule has 25 heavy (non-hydrogen) atoms. The summed E-state index contributed by atoms with van der Waals surface area (Å²) in [7, 11) is -3.31. The second kappa shape index (κ2) is 8.81. The summed E-state index contributed by atoms with van der Waals surface area (Å²) in [4.78, 5) is 12.3. The van der Waals surface area contributed by atoms with Crippen LogP contribution in [-0.2, 0) is 20.2 Å². The van der Waals surface area contributed by atoms with Crippen molar-refractivity contribution in [2.24, 2.45) is 5.92 Å². The number of carbonyl (C=O) groups is 1. The molecular weight excluding hydrogens is 336 g/mol. The van der Waals surface area contributed by atoms with Gasteiger partial charge in [0, 0.05) is 25.2 Å². The van der Waals surface area contributed by atoms with Gasteiger partial charge < -0.3 is 5.32 Å². The molecule has 1 N–H and O–H groups in total. The van der Waals surface area contributed by atoms with Crippen molar-refractivity contribution in [2.75, 3.05) is 24.7 Å². The van der Waals surface area contributed by atoms with E-state index in [2.05, 4.69) is 39.9 Å². The standard InChI is InChI=1S/C19H32N2O3S/c1-15(2)11-13-21(25(6,23)24)14-12-18(22)20-17-10-8-7-9-16(17)19(3,4)5/h7-10,15H,11-14H2,1-6H3,(H,20,22). The van der Waals surface area contributed by atoms with Crippen molar-refractivity contribution in [1.29, 1.82) is 0 Å². The molecule has 1 amide bonds. The van der Waals surface area contributed by atoms with Crippen LogP contribution < -0.4 is 5.32 Å². The first kappa shape index (κ1) is 21.6. The molecule has 0 saturated carbocycles. The van der Waals surface area contributed by atoms with Gasteiger partial charge in [-0.05, 0) is 29.4 Å². The zero-order valence-electron chi connectivity index (χ0n) is 16.3. The topological polar surface area (TPSA) is 66.5 Å². The number of nitrogens with one attached hydrogen (secondary N) is 1. The number of benzene rings is 1. The Morgan fingerprint density at radius 3 is 2.28 bits per heavy atom. The molecule has 0 bridgehead atoms. The summed E-state index contributed by atoms with van der Waals surface area (Å²) in [6, 6.07) is 7.72. The highest BCUT2D eigenvalue weighted by Gasteiger charge is 2.20. The van der Waals surface area contributed by atoms with Gasteiger partial charge in [-0.15, -0.1) is 0 Å². The van der Waals surface area contributed by atoms with Gasteiger partial charge in [-0.1, -0.05) is 52.8 Å². The van der Waals surface area contributed by atoms with Gasteiger partial charge in [-0.3, -0.25) is 4.79 Å². The molecule has 5 nitrogen and oxygen atoms in total. The number of hydrogen-bond acceptors (Lipinski definition) is 3. The summed E-state index contributed by atoms with van der Waals surface area (Å²) in [5, 5.41) is 2.93. The smallest absolute Gasteiger partial charge is 0.225 e. The molecule has 0 aliphatic heterocycles. The SMILES string of the molecule is CC(C)CCN(CCC(=O)Nc1ccccc1C(C)(C)C)S(C)(=O)=O. The second-order valence-electron chi connectivity index (χ2n) is 7.94. The number of amides is 1. The maximum atomic E-state index is 12.3. The maximum Gasteiger partial charge on any atom is 0.225 e. The number of rotatable bonds is 8. The van der Waals surface area contributed by atoms with Crippen LogP contribution in [0.1, 0.15) is 53.0 Å². The molecule has 6 heteroatoms. The van der Waals surface area contributed by atoms with Gasteiger partial charge in [-0.2, -0.15) is 0 Å². The molecule has 1 aromatic rings. The Morgan fingerprint density at radius 2 is 1.76 bits per heavy atom. The van der Waals surface area contributed by atoms with E-state index in [4.69, 9.17) is 0 Å². The van der Waals surface area contributed by atoms with Crippen LogP contribution in [0, 0.1) is 5.92 Å². The van der Waals surface area contributed by atoms with E-state index >= 15 is 0 Å². The number of anilines is 1. The third-order valence-corrected chi connectivity index (χ3v) is 5.33. The quantitative estimate of drug-likeness (QED) is 0.762. The van der Waals surface area contributed by atoms with E-state index in [1.807, 2.05) is 24.3 Å². The van der Waals surface area contributed by atoms with Crippen LogP contribution in [0.2, 0.25) is 0 Å². The molecule has 0 fully saturated rings. The average molecular weight is 369 g/mol. The number of carbonyl (C=O) groups excluding carboxylic acids is 1. The first-order valence-corrected chi connectivity index (χ1v) is 10.6. The maximum absolute atomic E-state index is 12.3. The van der Waals surface area contributed by atoms with Gasteiger partial charge in [-0.25, -0.2) is 12.7 Å². The number of sulfonamides is 1. The summed E-state index contributed by atoms with van der Waals surface area (Å²) in [6.07, 6.45) is 2.12. The van der Waals surface area contributed by atoms with Crippen molar-refractivity contribution in [1.82, 2.24) is 4.31 Å². The zero-order valence-corrected chi connectivity index (χ0v) is 17.1. The van der Waals surface area contributed by atoms with Crippen molar-refractivity contribution in [3.63, 3.8) is 0 Å². The highest BCUT2D eigenvalue weighted by Crippen LogP contribution is 2.29. The van der Waals surface area contributed by atoms with Crippen LogP contribution in [0.5, 0.6) is 0 Å². The van der Waals surface area contributed by atoms with Gasteiger partial charge >= 0.3 is 0 Å². The fraction of sp³-hybridized carbons (Fsp3) is 0.632. The van der Waals surface area contributed by atoms with Crippen molar-refractivity contribution >= 4 is 21.6 Å². The third-order valence-electron chi connectivity index (χ3n) is 4.02. The van der Waals surface area contributed by atoms with Gasteiger partial charge in [0.1, 0.15) is 0 Å². The molecule has 1 aromatic carbocycles. The molecule has 0 atom stereocenters. The summed E-state index contributed by atoms with van der Waals surface area (Å²) >= 11 is 0. The monoisotopic (exact) mass is 368 g/mol. The second-order valence-corrected chi connectivity index (χ2v) is 9.92. The predicted octanol–water partition coefficient (Wildman–Crippen LogP) is 3.62. The minimum absolute atomic E-state index is 0.0834. The van der Waals surface area contributed by atoms with Crippen LogP contribution in [0.4, 0.5) is 5.69 Å². The first-order chi connectivity index (χ1) is 11.4. The number of nitrogens with zero attached hydrogens (tertiary/aromatic N) is 1. The molecule has 0 aromatic heterocycles. The van der Waals surface area contributed by atoms with Crippen LogP contribution in [0.15, 0.2) is 24.3 Å². The fourth-order valence-electron chi connectivity index (χ4n) is 2.53. The van der Waals surface area contributed by atoms with Crippen LogP contribution in [-0.4, -0.2) is 38.0 Å². The van der Waals surface area contributed by atoms with E-state index in [0.717, 1.165) is 17.7 Å². The molecule has 0 aliphatic rings. The van der Waals surface area contributed by atoms with E-state index in [1.165, 1.54) is 10.6 Å². The van der Waals surface area contributed by atoms with E-state index in [0.29, 0.717) is 12.5 Å². The third kappa shape index (κ3) is 7.57. The fourth-order valence-corrected chi connectivity index (χ4v) is 3.39. The summed E-state index contributed by atoms with van der Waals surface area (Å²) in [5.41, 5.74) is 1.76. The molecule has 0 saturated heterocycles. The lowest BCUT2D eigenvalue weighted by Gasteiger charge is -2.23. The van der Waals surface area contributed by atoms with E-state index in [1.54, 1.807) is 0 Å². The first-order valence-electron chi connectivity index (χ1n) is 8.75. The minimum Gasteiger partial charge on any atom is -0.326 e. The summed E-state index contributed by atoms with van der Waals surface area (Å²) in [6.45, 7) is 11.0. The highest BCUT2D eigenvalue weighted by atomic mass is 32.2. The molecule has 0 radical (unpaired) electrons. The van der Waals surface area contributed by atoms with Crippen LogP contribution >= 0.6 is 0 Å². The molecule has 0 unspecified atom stereocenters. The van der Waals surface area contributed by atoms with Gasteiger partial charge in [0.25, 0.3) is 0 Å². The Hall–Kier alpha value is -1.40. The molecule has 0 aliphatic carbocycles. The lowest BCUT2D eigenvalue weighted by molar-refractivity contribution is -0.116. The lowest BCUT2D eigenvalue weighted by Crippen LogP contribution is -2.34. The average Bonchev–Trinajstić information content (AvgIpc) is 2.44. The van der Waals surface area contributed by atoms with Gasteiger partial charge in [0.05, 0.1) is 6.26 Å². The van der Waals surface area contributed by atoms with Crippen LogP contribution in [0.25, 0.3) is 0 Å². The van der Waals surface area contributed by atoms with E-state index in [-0.39, 0.29) is 24.3 Å². The predicted molar refractivity (Wildman–Crippen MR) is 104 cm³/mol. The summed E-state index contributed by atoms with van der Waals surface area (Å²) in [5.74, 6) is 0.242. The largest absolute Gasteiger partial charge is 0.326 e. The van der Waals surface area contributed by atoms with Crippen molar-refractivity contribution < 1.29 is 13.2 Å². The van der Waals surface area contributed by atoms with Crippen molar-refractivity contribution in [2.45, 2.75) is 52.9 Å². The van der Waals surface area contributed by atoms with Gasteiger partial charge in [0.15, 0.2) is 0 Å². The van der Waals surface area contributed by atoms with E-state index < -0.39 is 10.0 Å². The lowest BCUT2D eigenvalue weighted by atomic mass is 9.86. The zero-order chi connectivity index (χ0) is 19.3. The Labute approximate surface area is 152 Å². The Kier molecular flexibility index (Phi) is 7.62. The number of para-hydroxylation sites is 1. The van der Waals surface area contributed by atoms with Gasteiger partial charge in [0.2, 0.25) is 15.9 Å². The molecule has 0 spiro atoms. The summed E-state index contributed by atoms with van der Waals surface area (Å²) < 4.78 is 25.2. The Bertz CT molecular complexity index is 676. The minimum atomic E-state index is -3.31. The molecular formula is C19H32N2O3S. The molecule has 142 valence electrons. The molecule has 0 heterocycles.